The first kappa shape index (κ1) is 8.43. The quantitative estimate of drug-likeness (QED) is 0.503. The highest BCUT2D eigenvalue weighted by Gasteiger charge is 2.00. The van der Waals surface area contributed by atoms with Crippen molar-refractivity contribution in [3.05, 3.63) is 46.3 Å². The lowest BCUT2D eigenvalue weighted by atomic mass is 10.2. The zero-order valence-corrected chi connectivity index (χ0v) is 7.12. The maximum Gasteiger partial charge on any atom is 0.260 e. The van der Waals surface area contributed by atoms with Gasteiger partial charge in [-0.1, -0.05) is 0 Å². The Labute approximate surface area is 78.6 Å². The Morgan fingerprint density at radius 3 is 2.93 bits per heavy atom. The van der Waals surface area contributed by atoms with Crippen LogP contribution in [0.5, 0.6) is 0 Å². The number of hydrogen-bond acceptors (Lipinski definition) is 4. The van der Waals surface area contributed by atoms with Gasteiger partial charge in [-0.15, -0.1) is 4.91 Å². The Hall–Kier alpha value is -2.17. The molecule has 0 fully saturated rings. The number of hydrogen-bond donors (Lipinski definition) is 0. The number of aromatic nitrogens is 2. The maximum atomic E-state index is 11.0. The third-order valence-electron chi connectivity index (χ3n) is 1.81. The highest BCUT2D eigenvalue weighted by molar-refractivity contribution is 5.80. The molecule has 0 bridgehead atoms. The molecule has 5 heteroatoms. The van der Waals surface area contributed by atoms with Gasteiger partial charge in [-0.3, -0.25) is 0 Å². The lowest BCUT2D eigenvalue weighted by Crippen LogP contribution is -2.14. The van der Waals surface area contributed by atoms with Gasteiger partial charge in [-0.25, -0.2) is 0 Å². The van der Waals surface area contributed by atoms with E-state index in [2.05, 4.69) is 10.3 Å². The molecule has 14 heavy (non-hydrogen) atoms. The molecule has 0 N–H and O–H groups in total. The Morgan fingerprint density at radius 2 is 2.14 bits per heavy atom. The number of rotatable bonds is 1. The molecule has 1 aromatic carbocycles. The molecule has 0 radical (unpaired) electrons. The Bertz CT molecular complexity index is 554. The Kier molecular flexibility index (Phi) is 1.98. The first-order valence-electron chi connectivity index (χ1n) is 3.96. The SMILES string of the molecule is O=Nc1ccc2n[n+](=O)cccc2c1. The highest BCUT2D eigenvalue weighted by Crippen LogP contribution is 2.17. The molecule has 0 amide bonds. The van der Waals surface area contributed by atoms with Crippen molar-refractivity contribution in [1.82, 2.24) is 5.10 Å². The van der Waals surface area contributed by atoms with E-state index >= 15 is 0 Å². The summed E-state index contributed by atoms with van der Waals surface area (Å²) in [6.07, 6.45) is 1.29. The second-order valence-electron chi connectivity index (χ2n) is 2.75. The van der Waals surface area contributed by atoms with E-state index in [1.807, 2.05) is 0 Å². The number of benzene rings is 1. The molecule has 68 valence electrons. The average molecular weight is 188 g/mol. The van der Waals surface area contributed by atoms with Crippen molar-refractivity contribution >= 4 is 16.6 Å². The van der Waals surface area contributed by atoms with Crippen molar-refractivity contribution in [1.29, 1.82) is 0 Å². The minimum absolute atomic E-state index is 0.322. The summed E-state index contributed by atoms with van der Waals surface area (Å²) in [6.45, 7) is 0. The average Bonchev–Trinajstić information content (AvgIpc) is 2.37. The molecule has 2 aromatic rings. The van der Waals surface area contributed by atoms with Crippen LogP contribution in [0.1, 0.15) is 0 Å². The fourth-order valence-electron chi connectivity index (χ4n) is 1.18. The van der Waals surface area contributed by atoms with Gasteiger partial charge in [0.25, 0.3) is 6.20 Å². The van der Waals surface area contributed by atoms with Crippen molar-refractivity contribution in [3.63, 3.8) is 0 Å². The summed E-state index contributed by atoms with van der Waals surface area (Å²) in [4.78, 5) is 21.2. The van der Waals surface area contributed by atoms with E-state index in [0.717, 1.165) is 0 Å². The molecule has 0 saturated carbocycles. The van der Waals surface area contributed by atoms with Crippen LogP contribution in [0, 0.1) is 9.81 Å². The van der Waals surface area contributed by atoms with Gasteiger partial charge in [-0.2, -0.15) is 0 Å². The van der Waals surface area contributed by atoms with E-state index in [1.54, 1.807) is 24.3 Å². The summed E-state index contributed by atoms with van der Waals surface area (Å²) >= 11 is 0. The first-order valence-corrected chi connectivity index (χ1v) is 3.96. The van der Waals surface area contributed by atoms with Gasteiger partial charge in [0.2, 0.25) is 0 Å². The monoisotopic (exact) mass is 188 g/mol. The summed E-state index contributed by atoms with van der Waals surface area (Å²) < 4.78 is 0.469. The maximum absolute atomic E-state index is 11.0. The second kappa shape index (κ2) is 3.29. The minimum Gasteiger partial charge on any atom is -0.145 e. The lowest BCUT2D eigenvalue weighted by molar-refractivity contribution is -0.560. The van der Waals surface area contributed by atoms with Crippen molar-refractivity contribution < 1.29 is 4.54 Å². The van der Waals surface area contributed by atoms with Crippen molar-refractivity contribution in [2.24, 2.45) is 5.18 Å². The molecule has 0 spiro atoms. The van der Waals surface area contributed by atoms with Crippen molar-refractivity contribution in [2.75, 3.05) is 0 Å². The van der Waals surface area contributed by atoms with E-state index in [9.17, 15) is 9.81 Å². The molecule has 0 unspecified atom stereocenters. The van der Waals surface area contributed by atoms with E-state index < -0.39 is 0 Å². The van der Waals surface area contributed by atoms with Crippen LogP contribution in [-0.2, 0) is 0 Å². The van der Waals surface area contributed by atoms with Crippen LogP contribution in [0.4, 0.5) is 5.69 Å². The third-order valence-corrected chi connectivity index (χ3v) is 1.81. The summed E-state index contributed by atoms with van der Waals surface area (Å²) in [5.41, 5.74) is 0.848. The highest BCUT2D eigenvalue weighted by atomic mass is 16.3. The molecule has 0 saturated heterocycles. The van der Waals surface area contributed by atoms with Gasteiger partial charge < -0.3 is 0 Å². The van der Waals surface area contributed by atoms with Crippen LogP contribution in [0.2, 0.25) is 0 Å². The van der Waals surface area contributed by atoms with E-state index in [0.29, 0.717) is 21.1 Å². The van der Waals surface area contributed by atoms with Crippen LogP contribution in [0.25, 0.3) is 10.9 Å². The first-order chi connectivity index (χ1) is 6.79. The molecule has 1 aromatic heterocycles. The fraction of sp³-hybridized carbons (Fsp3) is 0. The molecule has 5 nitrogen and oxygen atoms in total. The van der Waals surface area contributed by atoms with Crippen molar-refractivity contribution in [2.45, 2.75) is 0 Å². The number of fused-ring (bicyclic) bond motifs is 1. The zero-order chi connectivity index (χ0) is 9.97. The smallest absolute Gasteiger partial charge is 0.145 e. The van der Waals surface area contributed by atoms with Crippen LogP contribution in [0.15, 0.2) is 41.7 Å². The predicted molar refractivity (Wildman–Crippen MR) is 50.6 cm³/mol. The van der Waals surface area contributed by atoms with E-state index in [4.69, 9.17) is 0 Å². The van der Waals surface area contributed by atoms with E-state index in [-0.39, 0.29) is 0 Å². The molecule has 0 atom stereocenters. The third kappa shape index (κ3) is 1.47. The molecular formula is C9H6N3O2+. The predicted octanol–water partition coefficient (Wildman–Crippen LogP) is 1.55. The van der Waals surface area contributed by atoms with E-state index in [1.165, 1.54) is 12.3 Å². The van der Waals surface area contributed by atoms with Gasteiger partial charge >= 0.3 is 0 Å². The standard InChI is InChI=1S/C9H6N3O2/c13-11-8-3-4-9-7(6-8)2-1-5-12(14)10-9/h1-6H/q+1. The topological polar surface area (TPSA) is 65.3 Å². The molecule has 2 rings (SSSR count). The molecule has 0 aliphatic carbocycles. The summed E-state index contributed by atoms with van der Waals surface area (Å²) in [5.74, 6) is 0. The summed E-state index contributed by atoms with van der Waals surface area (Å²) in [7, 11) is 0. The van der Waals surface area contributed by atoms with Crippen molar-refractivity contribution in [3.8, 4) is 0 Å². The normalized spacial score (nSPS) is 10.0. The fourth-order valence-corrected chi connectivity index (χ4v) is 1.18. The van der Waals surface area contributed by atoms with Gasteiger partial charge in [0.1, 0.15) is 11.2 Å². The van der Waals surface area contributed by atoms with Gasteiger partial charge in [0, 0.05) is 11.5 Å². The van der Waals surface area contributed by atoms with Gasteiger partial charge in [0.15, 0.2) is 4.54 Å². The molecule has 0 aliphatic heterocycles. The second-order valence-corrected chi connectivity index (χ2v) is 2.75. The molecule has 1 heterocycles. The lowest BCUT2D eigenvalue weighted by Gasteiger charge is -1.88. The van der Waals surface area contributed by atoms with Gasteiger partial charge in [-0.05, 0) is 29.4 Å². The number of nitrogens with zero attached hydrogens (tertiary/aromatic N) is 3. The van der Waals surface area contributed by atoms with Gasteiger partial charge in [0.05, 0.1) is 10.0 Å². The van der Waals surface area contributed by atoms with Crippen LogP contribution < -0.4 is 4.54 Å². The zero-order valence-electron chi connectivity index (χ0n) is 7.12. The summed E-state index contributed by atoms with van der Waals surface area (Å²) in [6, 6.07) is 7.94. The van der Waals surface area contributed by atoms with Crippen LogP contribution in [0.3, 0.4) is 0 Å². The van der Waals surface area contributed by atoms with Crippen LogP contribution in [-0.4, -0.2) is 5.10 Å². The summed E-state index contributed by atoms with van der Waals surface area (Å²) in [5, 5.41) is 7.24. The number of nitroso groups, excluding NO2 is 1. The molecule has 0 aliphatic rings. The Morgan fingerprint density at radius 1 is 1.29 bits per heavy atom. The minimum atomic E-state index is 0.322. The van der Waals surface area contributed by atoms with Crippen LogP contribution >= 0.6 is 0 Å². The Balaban J connectivity index is 2.86. The largest absolute Gasteiger partial charge is 0.260 e. The molecular weight excluding hydrogens is 182 g/mol.